The van der Waals surface area contributed by atoms with Crippen molar-refractivity contribution in [3.8, 4) is 6.19 Å². The number of nitrogens with two attached hydrogens (primary N) is 1. The topological polar surface area (TPSA) is 78.9 Å². The maximum Gasteiger partial charge on any atom is 0.220 e. The first-order valence-corrected chi connectivity index (χ1v) is 3.68. The molecule has 0 aromatic heterocycles. The average Bonchev–Trinajstić information content (AvgIpc) is 2.37. The molecule has 0 aromatic rings. The lowest BCUT2D eigenvalue weighted by Crippen LogP contribution is -2.25. The summed E-state index contributed by atoms with van der Waals surface area (Å²) in [6.45, 7) is 0. The Kier molecular flexibility index (Phi) is 2.32. The second-order valence-electron chi connectivity index (χ2n) is 2.87. The Labute approximate surface area is 65.4 Å². The Morgan fingerprint density at radius 1 is 1.64 bits per heavy atom. The smallest absolute Gasteiger partial charge is 0.220 e. The molecule has 4 nitrogen and oxygen atoms in total. The van der Waals surface area contributed by atoms with Crippen LogP contribution in [0.3, 0.4) is 0 Å². The molecule has 4 heteroatoms. The molecule has 1 rings (SSSR count). The summed E-state index contributed by atoms with van der Waals surface area (Å²) in [5.41, 5.74) is 5.11. The molecule has 2 unspecified atom stereocenters. The van der Waals surface area contributed by atoms with Crippen molar-refractivity contribution in [2.45, 2.75) is 25.3 Å². The Hall–Kier alpha value is -1.24. The van der Waals surface area contributed by atoms with Gasteiger partial charge in [-0.1, -0.05) is 0 Å². The van der Waals surface area contributed by atoms with Crippen LogP contribution in [-0.4, -0.2) is 11.9 Å². The minimum Gasteiger partial charge on any atom is -0.369 e. The fourth-order valence-electron chi connectivity index (χ4n) is 1.46. The van der Waals surface area contributed by atoms with Crippen LogP contribution in [0.4, 0.5) is 0 Å². The van der Waals surface area contributed by atoms with Gasteiger partial charge in [-0.2, -0.15) is 5.26 Å². The van der Waals surface area contributed by atoms with Crippen LogP contribution in [0.1, 0.15) is 19.3 Å². The lowest BCUT2D eigenvalue weighted by atomic mass is 10.1. The van der Waals surface area contributed by atoms with Gasteiger partial charge in [0.05, 0.1) is 0 Å². The van der Waals surface area contributed by atoms with Crippen molar-refractivity contribution in [1.82, 2.24) is 5.32 Å². The minimum atomic E-state index is -0.243. The van der Waals surface area contributed by atoms with Gasteiger partial charge in [0.2, 0.25) is 5.91 Å². The fraction of sp³-hybridized carbons (Fsp3) is 0.714. The highest BCUT2D eigenvalue weighted by Crippen LogP contribution is 2.24. The number of carbonyl (C=O) groups is 1. The molecule has 1 amide bonds. The normalized spacial score (nSPS) is 29.4. The second kappa shape index (κ2) is 3.24. The summed E-state index contributed by atoms with van der Waals surface area (Å²) in [7, 11) is 0. The third-order valence-electron chi connectivity index (χ3n) is 2.10. The van der Waals surface area contributed by atoms with Gasteiger partial charge in [0, 0.05) is 12.0 Å². The lowest BCUT2D eigenvalue weighted by Gasteiger charge is -2.05. The van der Waals surface area contributed by atoms with E-state index in [0.717, 1.165) is 12.8 Å². The first-order valence-electron chi connectivity index (χ1n) is 3.68. The largest absolute Gasteiger partial charge is 0.369 e. The number of nitriles is 1. The molecule has 0 saturated heterocycles. The van der Waals surface area contributed by atoms with Crippen LogP contribution in [0, 0.1) is 17.4 Å². The van der Waals surface area contributed by atoms with E-state index < -0.39 is 0 Å². The van der Waals surface area contributed by atoms with E-state index in [1.807, 2.05) is 6.19 Å². The average molecular weight is 153 g/mol. The van der Waals surface area contributed by atoms with Gasteiger partial charge in [-0.15, -0.1) is 0 Å². The molecule has 2 atom stereocenters. The van der Waals surface area contributed by atoms with Crippen molar-refractivity contribution in [2.75, 3.05) is 0 Å². The molecule has 11 heavy (non-hydrogen) atoms. The van der Waals surface area contributed by atoms with Gasteiger partial charge in [0.1, 0.15) is 0 Å². The summed E-state index contributed by atoms with van der Waals surface area (Å²) in [4.78, 5) is 10.7. The van der Waals surface area contributed by atoms with Crippen molar-refractivity contribution in [1.29, 1.82) is 5.26 Å². The molecule has 0 aliphatic heterocycles. The number of primary amides is 1. The van der Waals surface area contributed by atoms with E-state index in [1.165, 1.54) is 0 Å². The molecule has 1 saturated carbocycles. The number of carbonyl (C=O) groups excluding carboxylic acids is 1. The van der Waals surface area contributed by atoms with E-state index in [9.17, 15) is 4.79 Å². The molecular formula is C7H11N3O. The summed E-state index contributed by atoms with van der Waals surface area (Å²) >= 11 is 0. The molecule has 0 spiro atoms. The van der Waals surface area contributed by atoms with Crippen LogP contribution in [0.2, 0.25) is 0 Å². The first-order chi connectivity index (χ1) is 5.24. The van der Waals surface area contributed by atoms with Gasteiger partial charge in [-0.05, 0) is 19.3 Å². The predicted molar refractivity (Wildman–Crippen MR) is 39.1 cm³/mol. The van der Waals surface area contributed by atoms with Crippen LogP contribution in [0.15, 0.2) is 0 Å². The quantitative estimate of drug-likeness (QED) is 0.422. The second-order valence-corrected chi connectivity index (χ2v) is 2.87. The maximum atomic E-state index is 10.7. The van der Waals surface area contributed by atoms with Crippen LogP contribution in [-0.2, 0) is 4.79 Å². The van der Waals surface area contributed by atoms with Gasteiger partial charge in [0.15, 0.2) is 6.19 Å². The molecule has 0 aromatic carbocycles. The third-order valence-corrected chi connectivity index (χ3v) is 2.10. The Bertz CT molecular complexity index is 196. The van der Waals surface area contributed by atoms with E-state index in [0.29, 0.717) is 6.42 Å². The molecule has 1 fully saturated rings. The van der Waals surface area contributed by atoms with Crippen molar-refractivity contribution < 1.29 is 4.79 Å². The molecule has 60 valence electrons. The highest BCUT2D eigenvalue weighted by Gasteiger charge is 2.27. The molecular weight excluding hydrogens is 142 g/mol. The van der Waals surface area contributed by atoms with E-state index in [1.54, 1.807) is 0 Å². The van der Waals surface area contributed by atoms with Crippen LogP contribution >= 0.6 is 0 Å². The van der Waals surface area contributed by atoms with Crippen molar-refractivity contribution in [3.05, 3.63) is 0 Å². The van der Waals surface area contributed by atoms with Crippen LogP contribution < -0.4 is 11.1 Å². The number of nitrogens with one attached hydrogen (secondary N) is 1. The van der Waals surface area contributed by atoms with Crippen molar-refractivity contribution in [2.24, 2.45) is 11.7 Å². The Balaban J connectivity index is 2.36. The molecule has 1 aliphatic carbocycles. The summed E-state index contributed by atoms with van der Waals surface area (Å²) in [6.07, 6.45) is 4.27. The molecule has 0 heterocycles. The Morgan fingerprint density at radius 2 is 2.36 bits per heavy atom. The SMILES string of the molecule is N#CNC1CCC(C(N)=O)C1. The van der Waals surface area contributed by atoms with Gasteiger partial charge < -0.3 is 11.1 Å². The van der Waals surface area contributed by atoms with Crippen molar-refractivity contribution >= 4 is 5.91 Å². The standard InChI is InChI=1S/C7H11N3O/c8-4-10-6-2-1-5(3-6)7(9)11/h5-6,10H,1-3H2,(H2,9,11). The minimum absolute atomic E-state index is 0.0270. The van der Waals surface area contributed by atoms with Crippen LogP contribution in [0.5, 0.6) is 0 Å². The van der Waals surface area contributed by atoms with E-state index >= 15 is 0 Å². The van der Waals surface area contributed by atoms with Gasteiger partial charge in [0.25, 0.3) is 0 Å². The van der Waals surface area contributed by atoms with E-state index in [4.69, 9.17) is 11.0 Å². The Morgan fingerprint density at radius 3 is 2.82 bits per heavy atom. The monoisotopic (exact) mass is 153 g/mol. The van der Waals surface area contributed by atoms with Gasteiger partial charge >= 0.3 is 0 Å². The number of amides is 1. The van der Waals surface area contributed by atoms with E-state index in [2.05, 4.69) is 5.32 Å². The summed E-state index contributed by atoms with van der Waals surface area (Å²) in [5, 5.41) is 10.9. The van der Waals surface area contributed by atoms with Crippen molar-refractivity contribution in [3.63, 3.8) is 0 Å². The lowest BCUT2D eigenvalue weighted by molar-refractivity contribution is -0.121. The third kappa shape index (κ3) is 1.84. The maximum absolute atomic E-state index is 10.7. The zero-order valence-electron chi connectivity index (χ0n) is 6.21. The summed E-state index contributed by atoms with van der Waals surface area (Å²) in [6, 6.07) is 0.164. The fourth-order valence-corrected chi connectivity index (χ4v) is 1.46. The molecule has 1 aliphatic rings. The number of nitrogens with zero attached hydrogens (tertiary/aromatic N) is 1. The zero-order chi connectivity index (χ0) is 8.27. The number of rotatable bonds is 2. The van der Waals surface area contributed by atoms with Crippen LogP contribution in [0.25, 0.3) is 0 Å². The summed E-state index contributed by atoms with van der Waals surface area (Å²) in [5.74, 6) is -0.270. The molecule has 0 bridgehead atoms. The zero-order valence-corrected chi connectivity index (χ0v) is 6.21. The summed E-state index contributed by atoms with van der Waals surface area (Å²) < 4.78 is 0. The van der Waals surface area contributed by atoms with E-state index in [-0.39, 0.29) is 17.9 Å². The molecule has 0 radical (unpaired) electrons. The predicted octanol–water partition coefficient (Wildman–Crippen LogP) is -0.289. The highest BCUT2D eigenvalue weighted by molar-refractivity contribution is 5.76. The molecule has 3 N–H and O–H groups in total. The van der Waals surface area contributed by atoms with Gasteiger partial charge in [-0.25, -0.2) is 0 Å². The van der Waals surface area contributed by atoms with Gasteiger partial charge in [-0.3, -0.25) is 4.79 Å². The number of hydrogen-bond acceptors (Lipinski definition) is 3. The first kappa shape index (κ1) is 7.86. The number of hydrogen-bond donors (Lipinski definition) is 2. The highest BCUT2D eigenvalue weighted by atomic mass is 16.1.